The largest absolute Gasteiger partial charge is 0.468 e. The van der Waals surface area contributed by atoms with Crippen LogP contribution in [0, 0.1) is 0 Å². The lowest BCUT2D eigenvalue weighted by atomic mass is 10.1. The van der Waals surface area contributed by atoms with E-state index in [1.807, 2.05) is 18.2 Å². The molecule has 0 radical (unpaired) electrons. The molecule has 1 aromatic carbocycles. The summed E-state index contributed by atoms with van der Waals surface area (Å²) in [6.45, 7) is 2.84. The van der Waals surface area contributed by atoms with E-state index in [9.17, 15) is 9.90 Å². The number of nitrogens with zero attached hydrogens (tertiary/aromatic N) is 2. The molecule has 2 aliphatic heterocycles. The molecule has 2 saturated heterocycles. The molecular formula is C16H22N2O3. The lowest BCUT2D eigenvalue weighted by molar-refractivity contribution is -0.150. The Morgan fingerprint density at radius 3 is 2.76 bits per heavy atom. The quantitative estimate of drug-likeness (QED) is 0.821. The van der Waals surface area contributed by atoms with E-state index in [1.165, 1.54) is 12.7 Å². The van der Waals surface area contributed by atoms with Gasteiger partial charge in [-0.3, -0.25) is 14.6 Å². The van der Waals surface area contributed by atoms with E-state index in [0.717, 1.165) is 19.5 Å². The van der Waals surface area contributed by atoms with Crippen LogP contribution in [0.1, 0.15) is 12.0 Å². The van der Waals surface area contributed by atoms with Crippen molar-refractivity contribution in [1.82, 2.24) is 9.80 Å². The van der Waals surface area contributed by atoms with Gasteiger partial charge in [0.25, 0.3) is 0 Å². The van der Waals surface area contributed by atoms with Crippen LogP contribution in [0.15, 0.2) is 30.3 Å². The number of carbonyl (C=O) groups excluding carboxylic acids is 1. The first-order chi connectivity index (χ1) is 10.2. The van der Waals surface area contributed by atoms with Crippen LogP contribution in [-0.4, -0.2) is 65.8 Å². The zero-order valence-electron chi connectivity index (χ0n) is 12.3. The first-order valence-electron chi connectivity index (χ1n) is 7.45. The number of aliphatic hydroxyl groups excluding tert-OH is 1. The molecule has 114 valence electrons. The number of aliphatic hydroxyl groups is 1. The summed E-state index contributed by atoms with van der Waals surface area (Å²) in [5.41, 5.74) is 1.19. The summed E-state index contributed by atoms with van der Waals surface area (Å²) in [4.78, 5) is 16.5. The van der Waals surface area contributed by atoms with Gasteiger partial charge >= 0.3 is 5.97 Å². The maximum atomic E-state index is 12.1. The van der Waals surface area contributed by atoms with E-state index < -0.39 is 0 Å². The highest BCUT2D eigenvalue weighted by molar-refractivity contribution is 5.76. The molecule has 1 aromatic rings. The molecule has 0 aromatic heterocycles. The number of hydrogen-bond acceptors (Lipinski definition) is 5. The van der Waals surface area contributed by atoms with Crippen LogP contribution in [0.2, 0.25) is 0 Å². The van der Waals surface area contributed by atoms with E-state index in [-0.39, 0.29) is 18.1 Å². The molecule has 5 nitrogen and oxygen atoms in total. The van der Waals surface area contributed by atoms with Crippen LogP contribution >= 0.6 is 0 Å². The van der Waals surface area contributed by atoms with Crippen molar-refractivity contribution in [3.05, 3.63) is 35.9 Å². The second-order valence-corrected chi connectivity index (χ2v) is 5.95. The minimum Gasteiger partial charge on any atom is -0.468 e. The van der Waals surface area contributed by atoms with Crippen LogP contribution < -0.4 is 0 Å². The molecule has 0 aliphatic carbocycles. The summed E-state index contributed by atoms with van der Waals surface area (Å²) >= 11 is 0. The normalized spacial score (nSPS) is 30.1. The smallest absolute Gasteiger partial charge is 0.324 e. The lowest BCUT2D eigenvalue weighted by Crippen LogP contribution is -2.58. The van der Waals surface area contributed by atoms with Crippen LogP contribution in [0.4, 0.5) is 0 Å². The van der Waals surface area contributed by atoms with Gasteiger partial charge in [0.2, 0.25) is 0 Å². The first kappa shape index (κ1) is 14.5. The first-order valence-corrected chi connectivity index (χ1v) is 7.45. The average Bonchev–Trinajstić information content (AvgIpc) is 2.86. The number of carbonyl (C=O) groups is 1. The van der Waals surface area contributed by atoms with Crippen molar-refractivity contribution < 1.29 is 14.6 Å². The van der Waals surface area contributed by atoms with Crippen molar-refractivity contribution in [3.63, 3.8) is 0 Å². The summed E-state index contributed by atoms with van der Waals surface area (Å²) in [6.07, 6.45) is 0.518. The van der Waals surface area contributed by atoms with Gasteiger partial charge in [-0.25, -0.2) is 0 Å². The van der Waals surface area contributed by atoms with Crippen LogP contribution in [0.3, 0.4) is 0 Å². The van der Waals surface area contributed by atoms with Gasteiger partial charge in [-0.1, -0.05) is 30.3 Å². The van der Waals surface area contributed by atoms with Crippen molar-refractivity contribution in [2.24, 2.45) is 0 Å². The van der Waals surface area contributed by atoms with Gasteiger partial charge in [0.05, 0.1) is 13.2 Å². The predicted molar refractivity (Wildman–Crippen MR) is 78.6 cm³/mol. The number of piperazine rings is 1. The van der Waals surface area contributed by atoms with Gasteiger partial charge in [-0.2, -0.15) is 0 Å². The van der Waals surface area contributed by atoms with Crippen molar-refractivity contribution in [2.45, 2.75) is 31.2 Å². The van der Waals surface area contributed by atoms with E-state index >= 15 is 0 Å². The number of benzene rings is 1. The van der Waals surface area contributed by atoms with E-state index in [4.69, 9.17) is 4.74 Å². The molecule has 2 heterocycles. The molecule has 0 saturated carbocycles. The van der Waals surface area contributed by atoms with Crippen LogP contribution in [-0.2, 0) is 16.1 Å². The minimum absolute atomic E-state index is 0.189. The molecule has 5 heteroatoms. The van der Waals surface area contributed by atoms with E-state index in [0.29, 0.717) is 19.1 Å². The summed E-state index contributed by atoms with van der Waals surface area (Å²) in [5.74, 6) is -0.189. The Hall–Kier alpha value is -1.43. The predicted octanol–water partition coefficient (Wildman–Crippen LogP) is 0.479. The number of fused-ring (bicyclic) bond motifs is 1. The number of hydrogen-bond donors (Lipinski definition) is 1. The molecule has 0 spiro atoms. The zero-order chi connectivity index (χ0) is 14.8. The zero-order valence-corrected chi connectivity index (χ0v) is 12.3. The summed E-state index contributed by atoms with van der Waals surface area (Å²) < 4.78 is 4.96. The molecule has 2 aliphatic rings. The third-order valence-electron chi connectivity index (χ3n) is 4.50. The van der Waals surface area contributed by atoms with Crippen LogP contribution in [0.5, 0.6) is 0 Å². The van der Waals surface area contributed by atoms with Crippen LogP contribution in [0.25, 0.3) is 0 Å². The summed E-state index contributed by atoms with van der Waals surface area (Å²) in [5, 5.41) is 9.84. The number of ether oxygens (including phenoxy) is 1. The lowest BCUT2D eigenvalue weighted by Gasteiger charge is -2.42. The number of esters is 1. The van der Waals surface area contributed by atoms with Gasteiger partial charge < -0.3 is 9.84 Å². The fourth-order valence-corrected chi connectivity index (χ4v) is 3.46. The highest BCUT2D eigenvalue weighted by Crippen LogP contribution is 2.26. The second kappa shape index (κ2) is 6.13. The highest BCUT2D eigenvalue weighted by atomic mass is 16.5. The van der Waals surface area contributed by atoms with E-state index in [2.05, 4.69) is 21.9 Å². The molecule has 0 unspecified atom stereocenters. The van der Waals surface area contributed by atoms with Crippen molar-refractivity contribution >= 4 is 5.97 Å². The van der Waals surface area contributed by atoms with Gasteiger partial charge in [-0.05, 0) is 12.0 Å². The van der Waals surface area contributed by atoms with Crippen molar-refractivity contribution in [2.75, 3.05) is 26.7 Å². The molecule has 3 atom stereocenters. The fourth-order valence-electron chi connectivity index (χ4n) is 3.46. The maximum absolute atomic E-state index is 12.1. The Labute approximate surface area is 125 Å². The van der Waals surface area contributed by atoms with Gasteiger partial charge in [0.15, 0.2) is 0 Å². The average molecular weight is 290 g/mol. The molecule has 3 rings (SSSR count). The number of methoxy groups -OCH3 is 1. The summed E-state index contributed by atoms with van der Waals surface area (Å²) in [7, 11) is 1.44. The molecule has 21 heavy (non-hydrogen) atoms. The Balaban J connectivity index is 1.76. The topological polar surface area (TPSA) is 53.0 Å². The summed E-state index contributed by atoms with van der Waals surface area (Å²) in [6, 6.07) is 10.2. The minimum atomic E-state index is -0.273. The highest BCUT2D eigenvalue weighted by Gasteiger charge is 2.42. The second-order valence-electron chi connectivity index (χ2n) is 5.95. The third kappa shape index (κ3) is 3.10. The Morgan fingerprint density at radius 1 is 1.29 bits per heavy atom. The molecule has 0 bridgehead atoms. The number of rotatable bonds is 3. The standard InChI is InChI=1S/C16H22N2O3/c1-21-16(20)15-11-17-10-14(19)7-13(17)9-18(15)8-12-5-3-2-4-6-12/h2-6,13-15,19H,7-11H2,1H3/t13-,14-,15-/m1/s1. The molecule has 2 fully saturated rings. The Kier molecular flexibility index (Phi) is 4.24. The van der Waals surface area contributed by atoms with E-state index in [1.54, 1.807) is 0 Å². The third-order valence-corrected chi connectivity index (χ3v) is 4.50. The monoisotopic (exact) mass is 290 g/mol. The Morgan fingerprint density at radius 2 is 2.05 bits per heavy atom. The maximum Gasteiger partial charge on any atom is 0.324 e. The Bertz CT molecular complexity index is 494. The van der Waals surface area contributed by atoms with Crippen molar-refractivity contribution in [3.8, 4) is 0 Å². The molecule has 0 amide bonds. The SMILES string of the molecule is COC(=O)[C@H]1CN2C[C@H](O)C[C@@H]2CN1Cc1ccccc1. The van der Waals surface area contributed by atoms with Gasteiger partial charge in [0, 0.05) is 32.2 Å². The van der Waals surface area contributed by atoms with Gasteiger partial charge in [0.1, 0.15) is 6.04 Å². The molecular weight excluding hydrogens is 268 g/mol. The van der Waals surface area contributed by atoms with Crippen molar-refractivity contribution in [1.29, 1.82) is 0 Å². The van der Waals surface area contributed by atoms with Gasteiger partial charge in [-0.15, -0.1) is 0 Å². The molecule has 1 N–H and O–H groups in total. The fraction of sp³-hybridized carbons (Fsp3) is 0.562.